The van der Waals surface area contributed by atoms with Crippen LogP contribution in [0.4, 0.5) is 22.0 Å². The van der Waals surface area contributed by atoms with Crippen LogP contribution in [0.5, 0.6) is 0 Å². The van der Waals surface area contributed by atoms with Crippen LogP contribution in [-0.4, -0.2) is 10.2 Å². The summed E-state index contributed by atoms with van der Waals surface area (Å²) in [6, 6.07) is 0. The summed E-state index contributed by atoms with van der Waals surface area (Å²) in [4.78, 5) is 11.0. The van der Waals surface area contributed by atoms with E-state index in [-0.39, 0.29) is 9.23 Å². The molecule has 1 N–H and O–H groups in total. The number of hydrogen-bond acceptors (Lipinski definition) is 3. The summed E-state index contributed by atoms with van der Waals surface area (Å²) in [7, 11) is 0. The zero-order chi connectivity index (χ0) is 14.3. The monoisotopic (exact) mass is 311 g/mol. The molecule has 0 bridgehead atoms. The van der Waals surface area contributed by atoms with Crippen molar-refractivity contribution in [3.63, 3.8) is 0 Å². The van der Waals surface area contributed by atoms with Crippen molar-refractivity contribution in [1.29, 1.82) is 0 Å². The molecule has 1 aliphatic heterocycles. The Hall–Kier alpha value is -1.48. The molecule has 1 fully saturated rings. The Balaban J connectivity index is 2.62. The summed E-state index contributed by atoms with van der Waals surface area (Å²) < 4.78 is 65.4. The van der Waals surface area contributed by atoms with Gasteiger partial charge in [0.05, 0.1) is 10.5 Å². The fourth-order valence-electron chi connectivity index (χ4n) is 1.30. The highest BCUT2D eigenvalue weighted by Crippen LogP contribution is 2.30. The smallest absolute Gasteiger partial charge is 0.263 e. The van der Waals surface area contributed by atoms with Gasteiger partial charge in [0.1, 0.15) is 4.32 Å². The molecule has 1 aromatic rings. The normalized spacial score (nSPS) is 17.2. The lowest BCUT2D eigenvalue weighted by Crippen LogP contribution is -2.17. The second kappa shape index (κ2) is 4.89. The van der Waals surface area contributed by atoms with Gasteiger partial charge in [0.2, 0.25) is 5.82 Å². The maximum absolute atomic E-state index is 13.3. The lowest BCUT2D eigenvalue weighted by molar-refractivity contribution is -0.115. The Morgan fingerprint density at radius 3 is 1.84 bits per heavy atom. The van der Waals surface area contributed by atoms with E-state index in [4.69, 9.17) is 0 Å². The quantitative estimate of drug-likeness (QED) is 0.284. The standard InChI is InChI=1S/C10H2F5NOS2/c11-4-2(1-3-9(17)16-10(18)19-3)5(12)7(14)8(15)6(4)13/h1H,(H,16,17,18). The number of thioether (sulfide) groups is 1. The topological polar surface area (TPSA) is 29.1 Å². The van der Waals surface area contributed by atoms with Crippen LogP contribution >= 0.6 is 24.0 Å². The van der Waals surface area contributed by atoms with Gasteiger partial charge >= 0.3 is 0 Å². The number of thiocarbonyl (C=S) groups is 1. The first-order valence-corrected chi connectivity index (χ1v) is 5.81. The molecule has 0 spiro atoms. The minimum absolute atomic E-state index is 0.0279. The van der Waals surface area contributed by atoms with E-state index in [9.17, 15) is 26.7 Å². The molecule has 2 nitrogen and oxygen atoms in total. The molecule has 1 aromatic carbocycles. The van der Waals surface area contributed by atoms with Crippen molar-refractivity contribution < 1.29 is 26.7 Å². The van der Waals surface area contributed by atoms with Gasteiger partial charge in [0, 0.05) is 0 Å². The lowest BCUT2D eigenvalue weighted by atomic mass is 10.1. The van der Waals surface area contributed by atoms with Gasteiger partial charge in [-0.15, -0.1) is 0 Å². The predicted molar refractivity (Wildman–Crippen MR) is 62.5 cm³/mol. The zero-order valence-corrected chi connectivity index (χ0v) is 10.3. The summed E-state index contributed by atoms with van der Waals surface area (Å²) >= 11 is 5.28. The molecule has 1 saturated heterocycles. The predicted octanol–water partition coefficient (Wildman–Crippen LogP) is 2.87. The molecule has 2 rings (SSSR count). The number of rotatable bonds is 1. The van der Waals surface area contributed by atoms with Crippen LogP contribution in [0.1, 0.15) is 5.56 Å². The molecular formula is C10H2F5NOS2. The van der Waals surface area contributed by atoms with E-state index in [1.54, 1.807) is 0 Å². The molecule has 0 unspecified atom stereocenters. The number of amides is 1. The van der Waals surface area contributed by atoms with Gasteiger partial charge in [-0.3, -0.25) is 4.79 Å². The van der Waals surface area contributed by atoms with Crippen molar-refractivity contribution >= 4 is 40.3 Å². The van der Waals surface area contributed by atoms with E-state index in [0.717, 1.165) is 0 Å². The van der Waals surface area contributed by atoms with Gasteiger partial charge in [-0.25, -0.2) is 22.0 Å². The lowest BCUT2D eigenvalue weighted by Gasteiger charge is -2.04. The van der Waals surface area contributed by atoms with Crippen LogP contribution in [0.25, 0.3) is 6.08 Å². The van der Waals surface area contributed by atoms with Crippen LogP contribution < -0.4 is 5.32 Å². The summed E-state index contributed by atoms with van der Waals surface area (Å²) in [5.74, 6) is -11.2. The highest BCUT2D eigenvalue weighted by atomic mass is 32.2. The van der Waals surface area contributed by atoms with E-state index in [2.05, 4.69) is 17.5 Å². The van der Waals surface area contributed by atoms with Crippen LogP contribution in [0.3, 0.4) is 0 Å². The number of hydrogen-bond donors (Lipinski definition) is 1. The average molecular weight is 311 g/mol. The molecule has 0 saturated carbocycles. The maximum Gasteiger partial charge on any atom is 0.263 e. The first-order valence-electron chi connectivity index (χ1n) is 4.59. The molecule has 1 aliphatic rings. The third-order valence-electron chi connectivity index (χ3n) is 2.16. The SMILES string of the molecule is O=C1NC(=S)SC1=Cc1c(F)c(F)c(F)c(F)c1F. The van der Waals surface area contributed by atoms with Gasteiger partial charge in [-0.05, 0) is 6.08 Å². The molecule has 1 heterocycles. The summed E-state index contributed by atoms with van der Waals surface area (Å²) in [6.07, 6.45) is 0.565. The third kappa shape index (κ3) is 2.35. The number of nitrogens with one attached hydrogen (secondary N) is 1. The van der Waals surface area contributed by atoms with Crippen molar-refractivity contribution in [2.24, 2.45) is 0 Å². The van der Waals surface area contributed by atoms with E-state index in [1.165, 1.54) is 0 Å². The molecule has 0 aromatic heterocycles. The van der Waals surface area contributed by atoms with Crippen molar-refractivity contribution in [3.05, 3.63) is 39.6 Å². The Morgan fingerprint density at radius 2 is 1.42 bits per heavy atom. The van der Waals surface area contributed by atoms with Crippen LogP contribution in [0.2, 0.25) is 0 Å². The van der Waals surface area contributed by atoms with Crippen molar-refractivity contribution in [1.82, 2.24) is 5.32 Å². The second-order valence-electron chi connectivity index (χ2n) is 3.34. The van der Waals surface area contributed by atoms with E-state index in [1.807, 2.05) is 0 Å². The van der Waals surface area contributed by atoms with E-state index in [0.29, 0.717) is 17.8 Å². The number of benzene rings is 1. The van der Waals surface area contributed by atoms with Gasteiger partial charge < -0.3 is 5.32 Å². The number of carbonyl (C=O) groups excluding carboxylic acids is 1. The largest absolute Gasteiger partial charge is 0.307 e. The maximum atomic E-state index is 13.3. The molecule has 0 radical (unpaired) electrons. The van der Waals surface area contributed by atoms with Crippen molar-refractivity contribution in [3.8, 4) is 0 Å². The van der Waals surface area contributed by atoms with Crippen molar-refractivity contribution in [2.45, 2.75) is 0 Å². The average Bonchev–Trinajstić information content (AvgIpc) is 2.68. The van der Waals surface area contributed by atoms with Crippen LogP contribution in [-0.2, 0) is 4.79 Å². The van der Waals surface area contributed by atoms with E-state index >= 15 is 0 Å². The highest BCUT2D eigenvalue weighted by Gasteiger charge is 2.28. The molecular weight excluding hydrogens is 309 g/mol. The molecule has 1 amide bonds. The molecule has 0 aliphatic carbocycles. The van der Waals surface area contributed by atoms with Gasteiger partial charge in [0.25, 0.3) is 5.91 Å². The Kier molecular flexibility index (Phi) is 3.59. The Morgan fingerprint density at radius 1 is 0.947 bits per heavy atom. The fraction of sp³-hybridized carbons (Fsp3) is 0. The summed E-state index contributed by atoms with van der Waals surface area (Å²) in [5, 5.41) is 2.15. The van der Waals surface area contributed by atoms with Crippen LogP contribution in [0.15, 0.2) is 4.91 Å². The first-order chi connectivity index (χ1) is 8.82. The first kappa shape index (κ1) is 13.9. The fourth-order valence-corrected chi connectivity index (χ4v) is 2.33. The molecule has 19 heavy (non-hydrogen) atoms. The molecule has 9 heteroatoms. The minimum atomic E-state index is -2.25. The second-order valence-corrected chi connectivity index (χ2v) is 5.05. The minimum Gasteiger partial charge on any atom is -0.307 e. The van der Waals surface area contributed by atoms with Gasteiger partial charge in [-0.1, -0.05) is 24.0 Å². The van der Waals surface area contributed by atoms with Crippen molar-refractivity contribution in [2.75, 3.05) is 0 Å². The Bertz CT molecular complexity index is 614. The molecule has 100 valence electrons. The number of carbonyl (C=O) groups is 1. The zero-order valence-electron chi connectivity index (χ0n) is 8.69. The summed E-state index contributed by atoms with van der Waals surface area (Å²) in [5.41, 5.74) is -1.18. The highest BCUT2D eigenvalue weighted by molar-refractivity contribution is 8.26. The molecule has 0 atom stereocenters. The summed E-state index contributed by atoms with van der Waals surface area (Å²) in [6.45, 7) is 0. The van der Waals surface area contributed by atoms with Gasteiger partial charge in [0.15, 0.2) is 23.3 Å². The number of halogens is 5. The van der Waals surface area contributed by atoms with Crippen LogP contribution in [0, 0.1) is 29.1 Å². The third-order valence-corrected chi connectivity index (χ3v) is 3.32. The van der Waals surface area contributed by atoms with E-state index < -0.39 is 40.6 Å². The van der Waals surface area contributed by atoms with Gasteiger partial charge in [-0.2, -0.15) is 0 Å². The Labute approximate surface area is 112 Å².